The van der Waals surface area contributed by atoms with Gasteiger partial charge < -0.3 is 59.1 Å². The van der Waals surface area contributed by atoms with Crippen LogP contribution in [0.5, 0.6) is 0 Å². The summed E-state index contributed by atoms with van der Waals surface area (Å²) < 4.78 is 0.538. The van der Waals surface area contributed by atoms with Crippen LogP contribution < -0.4 is 49.1 Å². The fraction of sp³-hybridized carbons (Fsp3) is 0.476. The first kappa shape index (κ1) is 50.0. The smallest absolute Gasteiger partial charge is 0.335 e. The van der Waals surface area contributed by atoms with Crippen molar-refractivity contribution in [2.75, 3.05) is 26.2 Å². The van der Waals surface area contributed by atoms with E-state index in [1.807, 2.05) is 6.92 Å². The number of carboxylic acids is 1. The number of fused-ring (bicyclic) bond motifs is 1. The topological polar surface area (TPSA) is 354 Å². The van der Waals surface area contributed by atoms with E-state index in [0.29, 0.717) is 48.0 Å². The molecule has 0 aliphatic carbocycles. The number of likely N-dealkylation sites (tertiary alicyclic amines) is 1. The van der Waals surface area contributed by atoms with Crippen molar-refractivity contribution in [2.45, 2.75) is 95.9 Å². The minimum Gasteiger partial charge on any atom is -0.478 e. The van der Waals surface area contributed by atoms with E-state index in [-0.39, 0.29) is 85.8 Å². The highest BCUT2D eigenvalue weighted by Gasteiger charge is 2.41. The van der Waals surface area contributed by atoms with Crippen molar-refractivity contribution in [1.82, 2.24) is 41.8 Å². The first-order chi connectivity index (χ1) is 30.5. The number of thiazole rings is 1. The molecule has 1 aliphatic heterocycles. The third kappa shape index (κ3) is 15.0. The number of hydrogen-bond donors (Lipinski definition) is 12. The van der Waals surface area contributed by atoms with Gasteiger partial charge in [0, 0.05) is 38.7 Å². The van der Waals surface area contributed by atoms with Crippen molar-refractivity contribution >= 4 is 74.8 Å². The van der Waals surface area contributed by atoms with Gasteiger partial charge in [-0.2, -0.15) is 0 Å². The first-order valence-electron chi connectivity index (χ1n) is 21.1. The molecular formula is C42H59N13O8S. The Morgan fingerprint density at radius 2 is 1.55 bits per heavy atom. The average Bonchev–Trinajstić information content (AvgIpc) is 3.68. The Morgan fingerprint density at radius 1 is 0.875 bits per heavy atom. The fourth-order valence-corrected chi connectivity index (χ4v) is 8.31. The maximum atomic E-state index is 14.5. The quantitative estimate of drug-likeness (QED) is 0.0252. The van der Waals surface area contributed by atoms with Crippen LogP contribution in [-0.2, 0) is 25.7 Å². The molecule has 1 fully saturated rings. The summed E-state index contributed by atoms with van der Waals surface area (Å²) in [4.78, 5) is 98.9. The summed E-state index contributed by atoms with van der Waals surface area (Å²) in [7, 11) is 0. The van der Waals surface area contributed by atoms with E-state index in [1.54, 1.807) is 30.3 Å². The fourth-order valence-electron chi connectivity index (χ4n) is 7.31. The van der Waals surface area contributed by atoms with Gasteiger partial charge in [0.15, 0.2) is 16.9 Å². The maximum absolute atomic E-state index is 14.5. The monoisotopic (exact) mass is 905 g/mol. The van der Waals surface area contributed by atoms with Gasteiger partial charge in [-0.15, -0.1) is 11.3 Å². The highest BCUT2D eigenvalue weighted by molar-refractivity contribution is 7.20. The van der Waals surface area contributed by atoms with E-state index in [1.165, 1.54) is 24.0 Å². The third-order valence-electron chi connectivity index (χ3n) is 10.4. The predicted octanol–water partition coefficient (Wildman–Crippen LogP) is 0.474. The Labute approximate surface area is 374 Å². The number of nitrogens with two attached hydrogens (primary N) is 3. The number of carbonyl (C=O) groups is 7. The number of amides is 5. The Balaban J connectivity index is 1.55. The second-order valence-electron chi connectivity index (χ2n) is 15.7. The zero-order valence-corrected chi connectivity index (χ0v) is 36.8. The van der Waals surface area contributed by atoms with Gasteiger partial charge in [0.05, 0.1) is 21.8 Å². The van der Waals surface area contributed by atoms with E-state index in [4.69, 9.17) is 28.0 Å². The summed E-state index contributed by atoms with van der Waals surface area (Å²) in [5.74, 6) is -4.86. The highest BCUT2D eigenvalue weighted by atomic mass is 32.1. The van der Waals surface area contributed by atoms with Gasteiger partial charge in [0.1, 0.15) is 18.1 Å². The van der Waals surface area contributed by atoms with Gasteiger partial charge in [-0.25, -0.2) is 9.78 Å². The number of Topliss-reactive ketones (excluding diaryl/α,β-unsaturated/α-hetero) is 1. The summed E-state index contributed by atoms with van der Waals surface area (Å²) in [5, 5.41) is 40.8. The number of benzene rings is 2. The van der Waals surface area contributed by atoms with Gasteiger partial charge in [-0.3, -0.25) is 39.6 Å². The predicted molar refractivity (Wildman–Crippen MR) is 240 cm³/mol. The van der Waals surface area contributed by atoms with E-state index in [2.05, 4.69) is 36.9 Å². The number of nitrogens with zero attached hydrogens (tertiary/aromatic N) is 2. The van der Waals surface area contributed by atoms with Crippen LogP contribution in [-0.4, -0.2) is 119 Å². The highest BCUT2D eigenvalue weighted by Crippen LogP contribution is 2.29. The van der Waals surface area contributed by atoms with Gasteiger partial charge >= 0.3 is 5.97 Å². The van der Waals surface area contributed by atoms with Crippen molar-refractivity contribution < 1.29 is 38.7 Å². The SMILES string of the molecule is CC(=O)N[C@@H](CCCCN)C(=O)N[C@@H](CCCNC(=N)N)C(=O)N[C@H]1CC(C)CN([C@@H](CCCNC(=N)N)C(=O)c2nc3ccc(C(=O)NCc4cccc(C(=O)O)c4)cc3s2)C1=O. The molecule has 64 heavy (non-hydrogen) atoms. The maximum Gasteiger partial charge on any atom is 0.335 e. The largest absolute Gasteiger partial charge is 0.478 e. The molecule has 0 saturated carbocycles. The van der Waals surface area contributed by atoms with Crippen molar-refractivity contribution in [3.05, 3.63) is 64.2 Å². The summed E-state index contributed by atoms with van der Waals surface area (Å²) in [6.07, 6.45) is 2.58. The number of aromatic carboxylic acids is 1. The number of carboxylic acid groups (broad SMARTS) is 1. The lowest BCUT2D eigenvalue weighted by Gasteiger charge is -2.40. The standard InChI is InChI=1S/C42H59N13O8S/c1-23-18-31(53-37(60)30(11-6-16-48-41(44)45)52-36(59)29(51-24(2)56)10-3-4-15-43)39(61)55(22-23)32(12-7-17-49-42(46)47)34(57)38-54-28-14-13-26(20-33(28)64-38)35(58)50-21-25-8-5-9-27(19-25)40(62)63/h5,8-9,13-14,19-20,23,29-32H,3-4,6-7,10-12,15-18,21-22,43H2,1-2H3,(H,50,58)(H,51,56)(H,52,59)(H,53,60)(H,62,63)(H4,44,45,48)(H4,46,47,49)/t23?,29-,30-,31-,32-/m0/s1. The molecule has 15 N–H and O–H groups in total. The summed E-state index contributed by atoms with van der Waals surface area (Å²) in [6.45, 7) is 4.29. The molecule has 5 amide bonds. The number of carbonyl (C=O) groups excluding carboxylic acids is 6. The number of piperidine rings is 1. The molecule has 5 atom stereocenters. The Kier molecular flexibility index (Phi) is 18.9. The zero-order valence-electron chi connectivity index (χ0n) is 36.0. The molecule has 1 saturated heterocycles. The third-order valence-corrected chi connectivity index (χ3v) is 11.5. The second-order valence-corrected chi connectivity index (χ2v) is 16.8. The number of nitrogens with one attached hydrogen (secondary N) is 8. The van der Waals surface area contributed by atoms with Crippen LogP contribution in [0.25, 0.3) is 10.2 Å². The number of ketones is 1. The minimum atomic E-state index is -1.14. The lowest BCUT2D eigenvalue weighted by Crippen LogP contribution is -2.61. The van der Waals surface area contributed by atoms with E-state index < -0.39 is 65.5 Å². The number of aromatic nitrogens is 1. The number of unbranched alkanes of at least 4 members (excludes halogenated alkanes) is 1. The molecule has 0 radical (unpaired) electrons. The van der Waals surface area contributed by atoms with E-state index in [0.717, 1.165) is 11.3 Å². The Morgan fingerprint density at radius 3 is 2.20 bits per heavy atom. The van der Waals surface area contributed by atoms with Gasteiger partial charge in [0.2, 0.25) is 29.4 Å². The van der Waals surface area contributed by atoms with Crippen molar-refractivity contribution in [1.29, 1.82) is 10.8 Å². The van der Waals surface area contributed by atoms with Crippen LogP contribution in [0.15, 0.2) is 42.5 Å². The molecule has 346 valence electrons. The summed E-state index contributed by atoms with van der Waals surface area (Å²) >= 11 is 1.06. The molecule has 0 bridgehead atoms. The average molecular weight is 906 g/mol. The Hall–Kier alpha value is -6.68. The van der Waals surface area contributed by atoms with Crippen molar-refractivity contribution in [3.8, 4) is 0 Å². The molecule has 4 rings (SSSR count). The van der Waals surface area contributed by atoms with Gasteiger partial charge in [-0.1, -0.05) is 19.1 Å². The van der Waals surface area contributed by atoms with Crippen LogP contribution in [0.4, 0.5) is 0 Å². The molecule has 0 spiro atoms. The molecule has 1 unspecified atom stereocenters. The molecular weight excluding hydrogens is 847 g/mol. The molecule has 2 heterocycles. The second kappa shape index (κ2) is 24.2. The first-order valence-corrected chi connectivity index (χ1v) is 21.9. The molecule has 1 aliphatic rings. The minimum absolute atomic E-state index is 0.0803. The van der Waals surface area contributed by atoms with Crippen LogP contribution in [0, 0.1) is 16.7 Å². The normalized spacial score (nSPS) is 16.2. The van der Waals surface area contributed by atoms with E-state index >= 15 is 0 Å². The van der Waals surface area contributed by atoms with Crippen LogP contribution in [0.1, 0.15) is 101 Å². The lowest BCUT2D eigenvalue weighted by atomic mass is 9.91. The molecule has 21 nitrogen and oxygen atoms in total. The van der Waals surface area contributed by atoms with Gasteiger partial charge in [0.25, 0.3) is 5.91 Å². The van der Waals surface area contributed by atoms with Gasteiger partial charge in [-0.05, 0) is 99.7 Å². The molecule has 2 aromatic carbocycles. The number of guanidine groups is 2. The summed E-state index contributed by atoms with van der Waals surface area (Å²) in [5.41, 5.74) is 18.0. The Bertz CT molecular complexity index is 2200. The number of rotatable bonds is 24. The zero-order chi connectivity index (χ0) is 46.9. The van der Waals surface area contributed by atoms with E-state index in [9.17, 15) is 38.7 Å². The van der Waals surface area contributed by atoms with Crippen molar-refractivity contribution in [2.24, 2.45) is 23.1 Å². The molecule has 22 heteroatoms. The number of hydrogen-bond acceptors (Lipinski definition) is 12. The summed E-state index contributed by atoms with van der Waals surface area (Å²) in [6, 6.07) is 6.79. The molecule has 1 aromatic heterocycles. The van der Waals surface area contributed by atoms with Crippen LogP contribution in [0.3, 0.4) is 0 Å². The van der Waals surface area contributed by atoms with Crippen LogP contribution in [0.2, 0.25) is 0 Å². The molecule has 3 aromatic rings. The van der Waals surface area contributed by atoms with Crippen LogP contribution >= 0.6 is 11.3 Å². The lowest BCUT2D eigenvalue weighted by molar-refractivity contribution is -0.142. The van der Waals surface area contributed by atoms with Crippen molar-refractivity contribution in [3.63, 3.8) is 0 Å².